The Balaban J connectivity index is 1.94. The van der Waals surface area contributed by atoms with Crippen LogP contribution in [0.2, 0.25) is 0 Å². The molecule has 0 aliphatic carbocycles. The van der Waals surface area contributed by atoms with Crippen molar-refractivity contribution in [3.8, 4) is 0 Å². The molecule has 2 nitrogen and oxygen atoms in total. The third kappa shape index (κ3) is 2.92. The maximum atomic E-state index is 12.0. The first-order valence-electron chi connectivity index (χ1n) is 6.06. The lowest BCUT2D eigenvalue weighted by Crippen LogP contribution is -2.28. The first kappa shape index (κ1) is 11.3. The second-order valence-electron chi connectivity index (χ2n) is 4.69. The van der Waals surface area contributed by atoms with Crippen molar-refractivity contribution < 1.29 is 4.79 Å². The fraction of sp³-hybridized carbons (Fsp3) is 0.500. The normalized spacial score (nSPS) is 17.3. The van der Waals surface area contributed by atoms with E-state index < -0.39 is 0 Å². The van der Waals surface area contributed by atoms with Crippen LogP contribution in [0.4, 0.5) is 0 Å². The van der Waals surface area contributed by atoms with E-state index in [1.807, 2.05) is 31.2 Å². The van der Waals surface area contributed by atoms with Gasteiger partial charge >= 0.3 is 0 Å². The number of aryl methyl sites for hydroxylation is 1. The minimum Gasteiger partial charge on any atom is -0.317 e. The van der Waals surface area contributed by atoms with Crippen molar-refractivity contribution in [1.82, 2.24) is 5.32 Å². The first-order valence-corrected chi connectivity index (χ1v) is 6.06. The van der Waals surface area contributed by atoms with Crippen LogP contribution in [0, 0.1) is 12.8 Å². The van der Waals surface area contributed by atoms with Crippen molar-refractivity contribution in [1.29, 1.82) is 0 Å². The van der Waals surface area contributed by atoms with Gasteiger partial charge in [-0.1, -0.05) is 29.8 Å². The molecule has 2 heteroatoms. The first-order chi connectivity index (χ1) is 7.75. The molecule has 1 aromatic carbocycles. The van der Waals surface area contributed by atoms with E-state index in [9.17, 15) is 4.79 Å². The van der Waals surface area contributed by atoms with E-state index in [0.29, 0.717) is 18.1 Å². The van der Waals surface area contributed by atoms with Gasteiger partial charge in [0.15, 0.2) is 5.78 Å². The second kappa shape index (κ2) is 5.26. The summed E-state index contributed by atoms with van der Waals surface area (Å²) in [7, 11) is 0. The lowest BCUT2D eigenvalue weighted by molar-refractivity contribution is 0.0952. The molecule has 0 unspecified atom stereocenters. The van der Waals surface area contributed by atoms with Crippen LogP contribution < -0.4 is 5.32 Å². The molecule has 1 aliphatic rings. The summed E-state index contributed by atoms with van der Waals surface area (Å²) in [5.74, 6) is 0.877. The minimum atomic E-state index is 0.298. The van der Waals surface area contributed by atoms with Crippen LogP contribution in [0.15, 0.2) is 24.3 Å². The molecular weight excluding hydrogens is 198 g/mol. The number of carbonyl (C=O) groups is 1. The zero-order valence-electron chi connectivity index (χ0n) is 9.83. The third-order valence-corrected chi connectivity index (χ3v) is 3.31. The number of benzene rings is 1. The zero-order chi connectivity index (χ0) is 11.4. The number of carbonyl (C=O) groups excluding carboxylic acids is 1. The molecule has 2 rings (SSSR count). The number of rotatable bonds is 3. The third-order valence-electron chi connectivity index (χ3n) is 3.31. The maximum absolute atomic E-state index is 12.0. The average Bonchev–Trinajstić information content (AvgIpc) is 2.31. The van der Waals surface area contributed by atoms with Gasteiger partial charge in [-0.3, -0.25) is 4.79 Å². The van der Waals surface area contributed by atoms with E-state index >= 15 is 0 Å². The Labute approximate surface area is 97.1 Å². The topological polar surface area (TPSA) is 29.1 Å². The molecule has 1 saturated heterocycles. The smallest absolute Gasteiger partial charge is 0.163 e. The number of nitrogens with one attached hydrogen (secondary N) is 1. The van der Waals surface area contributed by atoms with Crippen LogP contribution >= 0.6 is 0 Å². The number of ketones is 1. The van der Waals surface area contributed by atoms with Crippen molar-refractivity contribution >= 4 is 5.78 Å². The quantitative estimate of drug-likeness (QED) is 0.788. The highest BCUT2D eigenvalue weighted by molar-refractivity contribution is 5.96. The fourth-order valence-corrected chi connectivity index (χ4v) is 2.21. The van der Waals surface area contributed by atoms with Crippen molar-refractivity contribution in [2.24, 2.45) is 5.92 Å². The Morgan fingerprint density at radius 3 is 2.50 bits per heavy atom. The number of piperidine rings is 1. The molecular formula is C14H19NO. The molecule has 0 spiro atoms. The zero-order valence-corrected chi connectivity index (χ0v) is 9.83. The SMILES string of the molecule is Cc1ccc(C(=O)CC2CCNCC2)cc1. The molecule has 0 saturated carbocycles. The summed E-state index contributed by atoms with van der Waals surface area (Å²) in [6.45, 7) is 4.17. The summed E-state index contributed by atoms with van der Waals surface area (Å²) in [5, 5.41) is 3.32. The standard InChI is InChI=1S/C14H19NO/c1-11-2-4-13(5-3-11)14(16)10-12-6-8-15-9-7-12/h2-5,12,15H,6-10H2,1H3. The molecule has 86 valence electrons. The fourth-order valence-electron chi connectivity index (χ4n) is 2.21. The van der Waals surface area contributed by atoms with Gasteiger partial charge in [-0.15, -0.1) is 0 Å². The molecule has 1 aliphatic heterocycles. The summed E-state index contributed by atoms with van der Waals surface area (Å²) >= 11 is 0. The maximum Gasteiger partial charge on any atom is 0.163 e. The Morgan fingerprint density at radius 2 is 1.88 bits per heavy atom. The van der Waals surface area contributed by atoms with Crippen LogP contribution in [0.1, 0.15) is 35.2 Å². The Hall–Kier alpha value is -1.15. The monoisotopic (exact) mass is 217 g/mol. The van der Waals surface area contributed by atoms with Gasteiger partial charge in [-0.05, 0) is 38.8 Å². The average molecular weight is 217 g/mol. The van der Waals surface area contributed by atoms with E-state index in [4.69, 9.17) is 0 Å². The van der Waals surface area contributed by atoms with E-state index in [1.54, 1.807) is 0 Å². The highest BCUT2D eigenvalue weighted by Crippen LogP contribution is 2.18. The summed E-state index contributed by atoms with van der Waals surface area (Å²) in [5.41, 5.74) is 2.07. The van der Waals surface area contributed by atoms with Crippen molar-refractivity contribution in [3.63, 3.8) is 0 Å². The molecule has 1 aromatic rings. The van der Waals surface area contributed by atoms with E-state index in [-0.39, 0.29) is 0 Å². The molecule has 0 bridgehead atoms. The van der Waals surface area contributed by atoms with Crippen LogP contribution in [-0.2, 0) is 0 Å². The van der Waals surface area contributed by atoms with E-state index in [1.165, 1.54) is 5.56 Å². The van der Waals surface area contributed by atoms with E-state index in [2.05, 4.69) is 5.32 Å². The molecule has 1 N–H and O–H groups in total. The predicted molar refractivity (Wildman–Crippen MR) is 65.7 cm³/mol. The Bertz CT molecular complexity index is 350. The van der Waals surface area contributed by atoms with Gasteiger partial charge in [0.1, 0.15) is 0 Å². The van der Waals surface area contributed by atoms with Gasteiger partial charge < -0.3 is 5.32 Å². The second-order valence-corrected chi connectivity index (χ2v) is 4.69. The van der Waals surface area contributed by atoms with Crippen LogP contribution in [0.25, 0.3) is 0 Å². The summed E-state index contributed by atoms with van der Waals surface area (Å²) in [4.78, 5) is 12.0. The lowest BCUT2D eigenvalue weighted by Gasteiger charge is -2.21. The molecule has 0 atom stereocenters. The Morgan fingerprint density at radius 1 is 1.25 bits per heavy atom. The molecule has 16 heavy (non-hydrogen) atoms. The van der Waals surface area contributed by atoms with Crippen LogP contribution in [0.5, 0.6) is 0 Å². The molecule has 1 heterocycles. The largest absolute Gasteiger partial charge is 0.317 e. The molecule has 1 fully saturated rings. The highest BCUT2D eigenvalue weighted by atomic mass is 16.1. The van der Waals surface area contributed by atoms with Crippen molar-refractivity contribution in [2.75, 3.05) is 13.1 Å². The van der Waals surface area contributed by atoms with Gasteiger partial charge in [0.2, 0.25) is 0 Å². The minimum absolute atomic E-state index is 0.298. The van der Waals surface area contributed by atoms with Crippen LogP contribution in [-0.4, -0.2) is 18.9 Å². The summed E-state index contributed by atoms with van der Waals surface area (Å²) < 4.78 is 0. The lowest BCUT2D eigenvalue weighted by atomic mass is 9.90. The highest BCUT2D eigenvalue weighted by Gasteiger charge is 2.17. The van der Waals surface area contributed by atoms with Gasteiger partial charge in [-0.2, -0.15) is 0 Å². The van der Waals surface area contributed by atoms with Crippen molar-refractivity contribution in [2.45, 2.75) is 26.2 Å². The van der Waals surface area contributed by atoms with Gasteiger partial charge in [0.05, 0.1) is 0 Å². The van der Waals surface area contributed by atoms with Crippen LogP contribution in [0.3, 0.4) is 0 Å². The van der Waals surface area contributed by atoms with Crippen molar-refractivity contribution in [3.05, 3.63) is 35.4 Å². The number of hydrogen-bond donors (Lipinski definition) is 1. The molecule has 0 radical (unpaired) electrons. The van der Waals surface area contributed by atoms with E-state index in [0.717, 1.165) is 31.5 Å². The van der Waals surface area contributed by atoms with Gasteiger partial charge in [-0.25, -0.2) is 0 Å². The summed E-state index contributed by atoms with van der Waals surface area (Å²) in [6.07, 6.45) is 2.99. The molecule has 0 amide bonds. The number of Topliss-reactive ketones (excluding diaryl/α,β-unsaturated/α-hetero) is 1. The summed E-state index contributed by atoms with van der Waals surface area (Å²) in [6, 6.07) is 7.91. The van der Waals surface area contributed by atoms with Gasteiger partial charge in [0, 0.05) is 12.0 Å². The van der Waals surface area contributed by atoms with Gasteiger partial charge in [0.25, 0.3) is 0 Å². The molecule has 0 aromatic heterocycles. The predicted octanol–water partition coefficient (Wildman–Crippen LogP) is 2.57. The number of hydrogen-bond acceptors (Lipinski definition) is 2. The Kier molecular flexibility index (Phi) is 3.73.